The molecule has 0 aliphatic heterocycles. The fourth-order valence-corrected chi connectivity index (χ4v) is 1.39. The van der Waals surface area contributed by atoms with Gasteiger partial charge in [-0.15, -0.1) is 0 Å². The van der Waals surface area contributed by atoms with Crippen molar-refractivity contribution in [3.05, 3.63) is 0 Å². The summed E-state index contributed by atoms with van der Waals surface area (Å²) in [5.74, 6) is -0.685. The van der Waals surface area contributed by atoms with Gasteiger partial charge < -0.3 is 10.6 Å². The molecule has 22 heavy (non-hydrogen) atoms. The van der Waals surface area contributed by atoms with Crippen LogP contribution < -0.4 is 32.3 Å². The third kappa shape index (κ3) is 13.9. The van der Waals surface area contributed by atoms with Crippen molar-refractivity contribution in [2.75, 3.05) is 13.1 Å². The Morgan fingerprint density at radius 1 is 0.591 bits per heavy atom. The number of carbonyl (C=O) groups is 4. The first-order valence-corrected chi connectivity index (χ1v) is 7.02. The number of hydrogen-bond acceptors (Lipinski definition) is 4. The van der Waals surface area contributed by atoms with Gasteiger partial charge in [-0.05, 0) is 12.8 Å². The van der Waals surface area contributed by atoms with Gasteiger partial charge in [0.25, 0.3) is 0 Å². The highest BCUT2D eigenvalue weighted by Crippen LogP contribution is 1.97. The lowest BCUT2D eigenvalue weighted by Crippen LogP contribution is -2.46. The van der Waals surface area contributed by atoms with Crippen LogP contribution in [0.4, 0.5) is 9.59 Å². The van der Waals surface area contributed by atoms with Crippen LogP contribution in [0.1, 0.15) is 39.5 Å². The van der Waals surface area contributed by atoms with Crippen molar-refractivity contribution in [3.63, 3.8) is 0 Å². The smallest absolute Gasteiger partial charge is 0.333 e. The Hall–Kier alpha value is -2.52. The van der Waals surface area contributed by atoms with Crippen LogP contribution in [0.3, 0.4) is 0 Å². The van der Waals surface area contributed by atoms with Gasteiger partial charge in [0.15, 0.2) is 0 Å². The number of urea groups is 2. The van der Waals surface area contributed by atoms with Crippen LogP contribution >= 0.6 is 0 Å². The van der Waals surface area contributed by atoms with E-state index >= 15 is 0 Å². The molecule has 0 aromatic heterocycles. The number of nitrogens with one attached hydrogen (secondary N) is 6. The molecule has 126 valence electrons. The van der Waals surface area contributed by atoms with Crippen molar-refractivity contribution in [2.24, 2.45) is 0 Å². The number of hydrogen-bond donors (Lipinski definition) is 6. The van der Waals surface area contributed by atoms with E-state index in [4.69, 9.17) is 0 Å². The van der Waals surface area contributed by atoms with Gasteiger partial charge in [-0.1, -0.05) is 12.8 Å². The highest BCUT2D eigenvalue weighted by molar-refractivity contribution is 5.80. The molecule has 0 aliphatic carbocycles. The van der Waals surface area contributed by atoms with E-state index < -0.39 is 12.1 Å². The monoisotopic (exact) mass is 316 g/mol. The third-order valence-electron chi connectivity index (χ3n) is 2.38. The molecule has 10 nitrogen and oxygen atoms in total. The maximum atomic E-state index is 11.1. The van der Waals surface area contributed by atoms with Gasteiger partial charge in [0.2, 0.25) is 11.8 Å². The van der Waals surface area contributed by atoms with Crippen LogP contribution in [-0.4, -0.2) is 37.0 Å². The third-order valence-corrected chi connectivity index (χ3v) is 2.38. The number of rotatable bonds is 7. The van der Waals surface area contributed by atoms with Crippen LogP contribution in [0, 0.1) is 0 Å². The minimum absolute atomic E-state index is 0.342. The van der Waals surface area contributed by atoms with E-state index in [2.05, 4.69) is 32.3 Å². The first kappa shape index (κ1) is 19.5. The minimum Gasteiger partial charge on any atom is -0.337 e. The maximum Gasteiger partial charge on any atom is 0.333 e. The Morgan fingerprint density at radius 3 is 1.27 bits per heavy atom. The summed E-state index contributed by atoms with van der Waals surface area (Å²) < 4.78 is 0. The number of unbranched alkanes of at least 4 members (excludes halogenated alkanes) is 3. The molecule has 0 saturated heterocycles. The lowest BCUT2D eigenvalue weighted by atomic mass is 10.2. The van der Waals surface area contributed by atoms with Crippen LogP contribution in [0.2, 0.25) is 0 Å². The Labute approximate surface area is 129 Å². The molecular weight excluding hydrogens is 292 g/mol. The molecule has 0 aromatic carbocycles. The highest BCUT2D eigenvalue weighted by Gasteiger charge is 2.00. The lowest BCUT2D eigenvalue weighted by Gasteiger charge is -2.08. The van der Waals surface area contributed by atoms with Crippen LogP contribution in [0.5, 0.6) is 0 Å². The zero-order valence-corrected chi connectivity index (χ0v) is 12.9. The SMILES string of the molecule is CC(=O)NNC(=O)NCCCCCCNC(=O)NNC(C)=O. The first-order chi connectivity index (χ1) is 10.4. The Kier molecular flexibility index (Phi) is 10.8. The molecule has 0 aromatic rings. The van der Waals surface area contributed by atoms with Crippen molar-refractivity contribution in [2.45, 2.75) is 39.5 Å². The van der Waals surface area contributed by atoms with E-state index in [1.54, 1.807) is 0 Å². The second-order valence-corrected chi connectivity index (χ2v) is 4.54. The average Bonchev–Trinajstić information content (AvgIpc) is 2.45. The molecule has 0 fully saturated rings. The van der Waals surface area contributed by atoms with E-state index in [-0.39, 0.29) is 11.8 Å². The second-order valence-electron chi connectivity index (χ2n) is 4.54. The van der Waals surface area contributed by atoms with Crippen molar-refractivity contribution in [3.8, 4) is 0 Å². The normalized spacial score (nSPS) is 9.36. The maximum absolute atomic E-state index is 11.1. The van der Waals surface area contributed by atoms with Crippen molar-refractivity contribution >= 4 is 23.9 Å². The summed E-state index contributed by atoms with van der Waals surface area (Å²) in [4.78, 5) is 43.4. The lowest BCUT2D eigenvalue weighted by molar-refractivity contribution is -0.120. The Morgan fingerprint density at radius 2 is 0.955 bits per heavy atom. The van der Waals surface area contributed by atoms with Gasteiger partial charge in [0.05, 0.1) is 0 Å². The van der Waals surface area contributed by atoms with E-state index in [0.717, 1.165) is 25.7 Å². The summed E-state index contributed by atoms with van der Waals surface area (Å²) in [6.45, 7) is 3.60. The van der Waals surface area contributed by atoms with Gasteiger partial charge in [0.1, 0.15) is 0 Å². The minimum atomic E-state index is -0.452. The molecule has 0 atom stereocenters. The fraction of sp³-hybridized carbons (Fsp3) is 0.667. The summed E-state index contributed by atoms with van der Waals surface area (Å²) in [6, 6.07) is -0.905. The Balaban J connectivity index is 3.33. The summed E-state index contributed by atoms with van der Waals surface area (Å²) in [5, 5.41) is 5.18. The number of carbonyl (C=O) groups excluding carboxylic acids is 4. The zero-order valence-electron chi connectivity index (χ0n) is 12.9. The van der Waals surface area contributed by atoms with Gasteiger partial charge in [-0.2, -0.15) is 0 Å². The summed E-state index contributed by atoms with van der Waals surface area (Å²) in [5.41, 5.74) is 8.72. The standard InChI is InChI=1S/C12H24N6O4/c1-9(19)15-17-11(21)13-7-5-3-4-6-8-14-12(22)18-16-10(2)20/h3-8H2,1-2H3,(H,15,19)(H,16,20)(H2,13,17,21)(H2,14,18,22). The topological polar surface area (TPSA) is 140 Å². The van der Waals surface area contributed by atoms with E-state index in [9.17, 15) is 19.2 Å². The molecule has 10 heteroatoms. The summed E-state index contributed by atoms with van der Waals surface area (Å²) in [7, 11) is 0. The largest absolute Gasteiger partial charge is 0.337 e. The van der Waals surface area contributed by atoms with Crippen LogP contribution in [0.25, 0.3) is 0 Å². The van der Waals surface area contributed by atoms with Gasteiger partial charge in [-0.25, -0.2) is 20.4 Å². The molecule has 0 radical (unpaired) electrons. The fourth-order valence-electron chi connectivity index (χ4n) is 1.39. The molecule has 0 aliphatic rings. The zero-order chi connectivity index (χ0) is 16.8. The summed E-state index contributed by atoms with van der Waals surface area (Å²) in [6.07, 6.45) is 3.39. The van der Waals surface area contributed by atoms with Crippen molar-refractivity contribution in [1.29, 1.82) is 0 Å². The number of hydrazine groups is 2. The molecule has 6 N–H and O–H groups in total. The molecule has 0 rings (SSSR count). The van der Waals surface area contributed by atoms with Crippen LogP contribution in [-0.2, 0) is 9.59 Å². The predicted octanol–water partition coefficient (Wildman–Crippen LogP) is -0.753. The molecular formula is C12H24N6O4. The molecule has 0 bridgehead atoms. The van der Waals surface area contributed by atoms with E-state index in [1.165, 1.54) is 13.8 Å². The van der Waals surface area contributed by atoms with Crippen molar-refractivity contribution in [1.82, 2.24) is 32.3 Å². The van der Waals surface area contributed by atoms with Crippen LogP contribution in [0.15, 0.2) is 0 Å². The van der Waals surface area contributed by atoms with Gasteiger partial charge in [-0.3, -0.25) is 20.4 Å². The second kappa shape index (κ2) is 12.2. The molecule has 0 heterocycles. The molecule has 0 spiro atoms. The van der Waals surface area contributed by atoms with E-state index in [1.807, 2.05) is 0 Å². The van der Waals surface area contributed by atoms with Gasteiger partial charge >= 0.3 is 12.1 Å². The highest BCUT2D eigenvalue weighted by atomic mass is 16.2. The predicted molar refractivity (Wildman–Crippen MR) is 79.2 cm³/mol. The average molecular weight is 316 g/mol. The molecule has 0 unspecified atom stereocenters. The van der Waals surface area contributed by atoms with E-state index in [0.29, 0.717) is 13.1 Å². The quantitative estimate of drug-likeness (QED) is 0.271. The molecule has 6 amide bonds. The first-order valence-electron chi connectivity index (χ1n) is 7.02. The summed E-state index contributed by atoms with van der Waals surface area (Å²) >= 11 is 0. The molecule has 0 saturated carbocycles. The van der Waals surface area contributed by atoms with Crippen molar-refractivity contribution < 1.29 is 19.2 Å². The number of amides is 6. The Bertz CT molecular complexity index is 352. The van der Waals surface area contributed by atoms with Gasteiger partial charge in [0, 0.05) is 26.9 Å².